The van der Waals surface area contributed by atoms with Gasteiger partial charge in [0, 0.05) is 7.11 Å². The van der Waals surface area contributed by atoms with Crippen LogP contribution >= 0.6 is 0 Å². The first kappa shape index (κ1) is 16.6. The summed E-state index contributed by atoms with van der Waals surface area (Å²) in [6.45, 7) is 11.9. The maximum absolute atomic E-state index is 5.84. The average molecular weight is 298 g/mol. The number of benzene rings is 2. The molecular weight excluding hydrogens is 272 g/mol. The number of rotatable bonds is 5. The van der Waals surface area contributed by atoms with Crippen molar-refractivity contribution in [2.75, 3.05) is 20.3 Å². The third-order valence-electron chi connectivity index (χ3n) is 4.25. The first-order valence-electron chi connectivity index (χ1n) is 7.75. The fraction of sp³-hybridized carbons (Fsp3) is 0.400. The van der Waals surface area contributed by atoms with Crippen molar-refractivity contribution in [3.63, 3.8) is 0 Å². The summed E-state index contributed by atoms with van der Waals surface area (Å²) in [6.07, 6.45) is 0. The van der Waals surface area contributed by atoms with E-state index in [0.29, 0.717) is 13.2 Å². The molecule has 2 aromatic carbocycles. The average Bonchev–Trinajstić information content (AvgIpc) is 2.47. The van der Waals surface area contributed by atoms with Gasteiger partial charge in [0.25, 0.3) is 0 Å². The Balaban J connectivity index is 2.38. The normalized spacial score (nSPS) is 10.8. The largest absolute Gasteiger partial charge is 0.491 e. The topological polar surface area (TPSA) is 18.5 Å². The molecule has 0 heterocycles. The highest BCUT2D eigenvalue weighted by molar-refractivity contribution is 5.69. The van der Waals surface area contributed by atoms with Gasteiger partial charge >= 0.3 is 0 Å². The number of aryl methyl sites for hydroxylation is 4. The lowest BCUT2D eigenvalue weighted by Crippen LogP contribution is -2.06. The molecule has 22 heavy (non-hydrogen) atoms. The van der Waals surface area contributed by atoms with Crippen LogP contribution in [0.25, 0.3) is 11.1 Å². The van der Waals surface area contributed by atoms with Crippen LogP contribution in [0.3, 0.4) is 0 Å². The summed E-state index contributed by atoms with van der Waals surface area (Å²) in [4.78, 5) is 0. The molecular formula is C20H26O2. The number of hydrogen-bond acceptors (Lipinski definition) is 2. The van der Waals surface area contributed by atoms with E-state index in [1.165, 1.54) is 38.9 Å². The van der Waals surface area contributed by atoms with Crippen LogP contribution < -0.4 is 4.74 Å². The van der Waals surface area contributed by atoms with Crippen molar-refractivity contribution in [2.45, 2.75) is 34.6 Å². The highest BCUT2D eigenvalue weighted by Gasteiger charge is 2.09. The maximum atomic E-state index is 5.84. The Morgan fingerprint density at radius 3 is 1.59 bits per heavy atom. The van der Waals surface area contributed by atoms with Crippen molar-refractivity contribution in [2.24, 2.45) is 0 Å². The van der Waals surface area contributed by atoms with Crippen LogP contribution in [0.1, 0.15) is 27.8 Å². The summed E-state index contributed by atoms with van der Waals surface area (Å²) in [5.74, 6) is 0.973. The zero-order chi connectivity index (χ0) is 16.3. The van der Waals surface area contributed by atoms with Crippen molar-refractivity contribution in [3.05, 3.63) is 52.1 Å². The molecule has 0 atom stereocenters. The fourth-order valence-electron chi connectivity index (χ4n) is 2.77. The van der Waals surface area contributed by atoms with Crippen LogP contribution in [0.5, 0.6) is 5.75 Å². The lowest BCUT2D eigenvalue weighted by atomic mass is 9.94. The SMILES string of the molecule is COCCOc1c(C)cc(-c2cc(C)c(C)c(C)c2)cc1C. The zero-order valence-electron chi connectivity index (χ0n) is 14.5. The van der Waals surface area contributed by atoms with Gasteiger partial charge in [0.05, 0.1) is 6.61 Å². The third-order valence-corrected chi connectivity index (χ3v) is 4.25. The van der Waals surface area contributed by atoms with Crippen molar-refractivity contribution < 1.29 is 9.47 Å². The van der Waals surface area contributed by atoms with Crippen molar-refractivity contribution in [1.29, 1.82) is 0 Å². The van der Waals surface area contributed by atoms with Gasteiger partial charge in [0.15, 0.2) is 0 Å². The van der Waals surface area contributed by atoms with Gasteiger partial charge in [-0.1, -0.05) is 12.1 Å². The van der Waals surface area contributed by atoms with E-state index in [-0.39, 0.29) is 0 Å². The first-order chi connectivity index (χ1) is 10.4. The van der Waals surface area contributed by atoms with Gasteiger partial charge in [0.2, 0.25) is 0 Å². The van der Waals surface area contributed by atoms with Gasteiger partial charge in [0.1, 0.15) is 12.4 Å². The van der Waals surface area contributed by atoms with Crippen LogP contribution in [0.2, 0.25) is 0 Å². The lowest BCUT2D eigenvalue weighted by Gasteiger charge is -2.15. The van der Waals surface area contributed by atoms with E-state index in [1.807, 2.05) is 0 Å². The summed E-state index contributed by atoms with van der Waals surface area (Å²) in [5, 5.41) is 0. The van der Waals surface area contributed by atoms with E-state index >= 15 is 0 Å². The molecule has 0 spiro atoms. The molecule has 118 valence electrons. The lowest BCUT2D eigenvalue weighted by molar-refractivity contribution is 0.145. The molecule has 0 bridgehead atoms. The van der Waals surface area contributed by atoms with E-state index in [2.05, 4.69) is 58.9 Å². The molecule has 2 aromatic rings. The second kappa shape index (κ2) is 6.97. The van der Waals surface area contributed by atoms with Crippen molar-refractivity contribution >= 4 is 0 Å². The summed E-state index contributed by atoms with van der Waals surface area (Å²) in [6, 6.07) is 8.95. The van der Waals surface area contributed by atoms with Gasteiger partial charge in [-0.2, -0.15) is 0 Å². The molecule has 0 aliphatic rings. The molecule has 0 fully saturated rings. The van der Waals surface area contributed by atoms with Crippen LogP contribution in [0.4, 0.5) is 0 Å². The van der Waals surface area contributed by atoms with E-state index < -0.39 is 0 Å². The molecule has 2 heteroatoms. The van der Waals surface area contributed by atoms with Gasteiger partial charge in [-0.3, -0.25) is 0 Å². The van der Waals surface area contributed by atoms with Gasteiger partial charge < -0.3 is 9.47 Å². The Morgan fingerprint density at radius 1 is 0.682 bits per heavy atom. The molecule has 2 nitrogen and oxygen atoms in total. The Labute approximate surface area is 134 Å². The summed E-state index contributed by atoms with van der Waals surface area (Å²) >= 11 is 0. The quantitative estimate of drug-likeness (QED) is 0.729. The van der Waals surface area contributed by atoms with E-state index in [0.717, 1.165) is 5.75 Å². The molecule has 0 unspecified atom stereocenters. The smallest absolute Gasteiger partial charge is 0.125 e. The molecule has 0 radical (unpaired) electrons. The summed E-state index contributed by atoms with van der Waals surface area (Å²) in [7, 11) is 1.69. The Morgan fingerprint density at radius 2 is 1.14 bits per heavy atom. The molecule has 0 saturated carbocycles. The predicted molar refractivity (Wildman–Crippen MR) is 92.9 cm³/mol. The van der Waals surface area contributed by atoms with E-state index in [1.54, 1.807) is 7.11 Å². The van der Waals surface area contributed by atoms with Crippen molar-refractivity contribution in [3.8, 4) is 16.9 Å². The molecule has 0 saturated heterocycles. The first-order valence-corrected chi connectivity index (χ1v) is 7.75. The fourth-order valence-corrected chi connectivity index (χ4v) is 2.77. The minimum atomic E-state index is 0.584. The number of methoxy groups -OCH3 is 1. The molecule has 0 aliphatic carbocycles. The molecule has 0 aliphatic heterocycles. The molecule has 0 amide bonds. The summed E-state index contributed by atoms with van der Waals surface area (Å²) in [5.41, 5.74) is 8.91. The van der Waals surface area contributed by atoms with Crippen LogP contribution in [-0.2, 0) is 4.74 Å². The molecule has 0 aromatic heterocycles. The second-order valence-electron chi connectivity index (χ2n) is 6.02. The predicted octanol–water partition coefficient (Wildman–Crippen LogP) is 4.92. The molecule has 2 rings (SSSR count). The second-order valence-corrected chi connectivity index (χ2v) is 6.02. The Bertz CT molecular complexity index is 625. The zero-order valence-corrected chi connectivity index (χ0v) is 14.5. The highest BCUT2D eigenvalue weighted by atomic mass is 16.5. The van der Waals surface area contributed by atoms with Crippen LogP contribution in [-0.4, -0.2) is 20.3 Å². The maximum Gasteiger partial charge on any atom is 0.125 e. The van der Waals surface area contributed by atoms with E-state index in [9.17, 15) is 0 Å². The number of hydrogen-bond donors (Lipinski definition) is 0. The van der Waals surface area contributed by atoms with E-state index in [4.69, 9.17) is 9.47 Å². The van der Waals surface area contributed by atoms with Crippen LogP contribution in [0.15, 0.2) is 24.3 Å². The number of ether oxygens (including phenoxy) is 2. The Kier molecular flexibility index (Phi) is 5.25. The highest BCUT2D eigenvalue weighted by Crippen LogP contribution is 2.32. The minimum Gasteiger partial charge on any atom is -0.491 e. The summed E-state index contributed by atoms with van der Waals surface area (Å²) < 4.78 is 10.9. The van der Waals surface area contributed by atoms with Crippen LogP contribution in [0, 0.1) is 34.6 Å². The standard InChI is InChI=1S/C20H26O2/c1-13-9-18(10-14(2)17(13)5)19-11-15(3)20(16(4)12-19)22-8-7-21-6/h9-12H,7-8H2,1-6H3. The van der Waals surface area contributed by atoms with Crippen molar-refractivity contribution in [1.82, 2.24) is 0 Å². The van der Waals surface area contributed by atoms with Gasteiger partial charge in [-0.15, -0.1) is 0 Å². The van der Waals surface area contributed by atoms with Gasteiger partial charge in [-0.25, -0.2) is 0 Å². The third kappa shape index (κ3) is 3.50. The monoisotopic (exact) mass is 298 g/mol. The van der Waals surface area contributed by atoms with Gasteiger partial charge in [-0.05, 0) is 85.7 Å². The minimum absolute atomic E-state index is 0.584. The Hall–Kier alpha value is -1.80. The molecule has 0 N–H and O–H groups in total.